The van der Waals surface area contributed by atoms with Gasteiger partial charge in [-0.2, -0.15) is 0 Å². The number of fused-ring (bicyclic) bond motifs is 2. The molecule has 0 saturated carbocycles. The second-order valence-electron chi connectivity index (χ2n) is 8.46. The van der Waals surface area contributed by atoms with Crippen LogP contribution in [0.3, 0.4) is 0 Å². The SMILES string of the molecule is NC(=O)c1c2n(n(-c3ccccc3)c1=O)CCCC2c1ccc(Oc2nccn3ccnc23)cc1. The lowest BCUT2D eigenvalue weighted by Crippen LogP contribution is -2.26. The van der Waals surface area contributed by atoms with Crippen LogP contribution in [0.15, 0.2) is 84.2 Å². The first-order valence-electron chi connectivity index (χ1n) is 11.4. The zero-order valence-corrected chi connectivity index (χ0v) is 18.7. The first kappa shape index (κ1) is 20.9. The molecule has 0 aliphatic carbocycles. The van der Waals surface area contributed by atoms with Crippen molar-refractivity contribution < 1.29 is 9.53 Å². The number of carbonyl (C=O) groups is 1. The van der Waals surface area contributed by atoms with E-state index in [-0.39, 0.29) is 17.0 Å². The van der Waals surface area contributed by atoms with E-state index in [0.717, 1.165) is 18.4 Å². The lowest BCUT2D eigenvalue weighted by atomic mass is 9.87. The molecule has 0 spiro atoms. The van der Waals surface area contributed by atoms with Gasteiger partial charge in [0.25, 0.3) is 17.3 Å². The smallest absolute Gasteiger partial charge is 0.284 e. The van der Waals surface area contributed by atoms with Crippen LogP contribution in [-0.2, 0) is 6.54 Å². The second-order valence-corrected chi connectivity index (χ2v) is 8.46. The Balaban J connectivity index is 1.39. The van der Waals surface area contributed by atoms with Gasteiger partial charge in [-0.15, -0.1) is 0 Å². The van der Waals surface area contributed by atoms with Crippen LogP contribution in [0.25, 0.3) is 11.3 Å². The van der Waals surface area contributed by atoms with E-state index in [1.165, 1.54) is 0 Å². The maximum atomic E-state index is 13.3. The molecule has 2 aromatic carbocycles. The van der Waals surface area contributed by atoms with E-state index in [9.17, 15) is 9.59 Å². The van der Waals surface area contributed by atoms with Crippen molar-refractivity contribution in [1.82, 2.24) is 23.7 Å². The number of primary amides is 1. The molecule has 4 heterocycles. The van der Waals surface area contributed by atoms with Crippen LogP contribution in [0.2, 0.25) is 0 Å². The van der Waals surface area contributed by atoms with Crippen molar-refractivity contribution in [3.05, 3.63) is 107 Å². The number of ether oxygens (including phenoxy) is 1. The summed E-state index contributed by atoms with van der Waals surface area (Å²) >= 11 is 0. The van der Waals surface area contributed by atoms with E-state index < -0.39 is 5.91 Å². The van der Waals surface area contributed by atoms with Crippen LogP contribution in [0.5, 0.6) is 11.6 Å². The van der Waals surface area contributed by atoms with Gasteiger partial charge >= 0.3 is 0 Å². The maximum absolute atomic E-state index is 13.3. The molecule has 2 N–H and O–H groups in total. The van der Waals surface area contributed by atoms with E-state index in [0.29, 0.717) is 35.2 Å². The first-order chi connectivity index (χ1) is 17.1. The average molecular weight is 467 g/mol. The highest BCUT2D eigenvalue weighted by Gasteiger charge is 2.33. The van der Waals surface area contributed by atoms with Crippen molar-refractivity contribution in [3.8, 4) is 17.3 Å². The molecule has 1 atom stereocenters. The van der Waals surface area contributed by atoms with Crippen molar-refractivity contribution in [2.45, 2.75) is 25.3 Å². The molecular weight excluding hydrogens is 444 g/mol. The van der Waals surface area contributed by atoms with Gasteiger partial charge in [0.05, 0.1) is 11.4 Å². The summed E-state index contributed by atoms with van der Waals surface area (Å²) in [5.41, 5.74) is 8.35. The molecule has 1 aliphatic heterocycles. The quantitative estimate of drug-likeness (QED) is 0.426. The van der Waals surface area contributed by atoms with Gasteiger partial charge in [0.1, 0.15) is 11.3 Å². The van der Waals surface area contributed by atoms with Gasteiger partial charge in [-0.25, -0.2) is 14.6 Å². The molecule has 5 aromatic rings. The standard InChI is InChI=1S/C26H22N6O3/c27-23(33)21-22-20(7-4-14-31(22)32(26(21)34)18-5-2-1-3-6-18)17-8-10-19(11-9-17)35-25-24-28-12-15-30(24)16-13-29-25/h1-3,5-6,8-13,15-16,20H,4,7,14H2,(H2,27,33). The van der Waals surface area contributed by atoms with Gasteiger partial charge in [0.2, 0.25) is 5.65 Å². The minimum atomic E-state index is -0.709. The summed E-state index contributed by atoms with van der Waals surface area (Å²) in [6, 6.07) is 16.9. The van der Waals surface area contributed by atoms with Crippen LogP contribution in [0.1, 0.15) is 40.4 Å². The predicted octanol–water partition coefficient (Wildman–Crippen LogP) is 3.50. The summed E-state index contributed by atoms with van der Waals surface area (Å²) in [5, 5.41) is 0. The van der Waals surface area contributed by atoms with Crippen molar-refractivity contribution in [2.75, 3.05) is 0 Å². The van der Waals surface area contributed by atoms with Gasteiger partial charge in [-0.1, -0.05) is 30.3 Å². The molecule has 3 aromatic heterocycles. The molecular formula is C26H22N6O3. The van der Waals surface area contributed by atoms with Gasteiger partial charge in [0, 0.05) is 37.3 Å². The van der Waals surface area contributed by atoms with Crippen molar-refractivity contribution >= 4 is 11.6 Å². The molecule has 9 nitrogen and oxygen atoms in total. The maximum Gasteiger partial charge on any atom is 0.284 e. The zero-order chi connectivity index (χ0) is 23.9. The molecule has 9 heteroatoms. The Kier molecular flexibility index (Phi) is 4.95. The molecule has 0 bridgehead atoms. The van der Waals surface area contributed by atoms with Gasteiger partial charge in [-0.3, -0.25) is 14.3 Å². The third-order valence-corrected chi connectivity index (χ3v) is 6.40. The minimum absolute atomic E-state index is 0.0501. The summed E-state index contributed by atoms with van der Waals surface area (Å²) in [4.78, 5) is 34.3. The van der Waals surface area contributed by atoms with Crippen molar-refractivity contribution in [3.63, 3.8) is 0 Å². The average Bonchev–Trinajstić information content (AvgIpc) is 3.47. The number of nitrogens with zero attached hydrogens (tertiary/aromatic N) is 5. The summed E-state index contributed by atoms with van der Waals surface area (Å²) < 4.78 is 11.3. The summed E-state index contributed by atoms with van der Waals surface area (Å²) in [7, 11) is 0. The first-order valence-corrected chi connectivity index (χ1v) is 11.4. The Morgan fingerprint density at radius 2 is 1.74 bits per heavy atom. The molecule has 174 valence electrons. The largest absolute Gasteiger partial charge is 0.436 e. The fraction of sp³-hybridized carbons (Fsp3) is 0.154. The predicted molar refractivity (Wildman–Crippen MR) is 129 cm³/mol. The summed E-state index contributed by atoms with van der Waals surface area (Å²) in [6.45, 7) is 0.629. The lowest BCUT2D eigenvalue weighted by Gasteiger charge is -2.27. The van der Waals surface area contributed by atoms with Crippen LogP contribution in [0, 0.1) is 0 Å². The van der Waals surface area contributed by atoms with E-state index >= 15 is 0 Å². The van der Waals surface area contributed by atoms with E-state index in [1.807, 2.05) is 69.9 Å². The van der Waals surface area contributed by atoms with Crippen LogP contribution in [-0.4, -0.2) is 29.6 Å². The number of hydrogen-bond donors (Lipinski definition) is 1. The molecule has 1 aliphatic rings. The number of amides is 1. The molecule has 6 rings (SSSR count). The Morgan fingerprint density at radius 1 is 1.00 bits per heavy atom. The highest BCUT2D eigenvalue weighted by atomic mass is 16.5. The summed E-state index contributed by atoms with van der Waals surface area (Å²) in [6.07, 6.45) is 8.64. The topological polar surface area (TPSA) is 109 Å². The Labute approximate surface area is 200 Å². The molecule has 0 radical (unpaired) electrons. The number of hydrogen-bond acceptors (Lipinski definition) is 5. The van der Waals surface area contributed by atoms with Crippen LogP contribution in [0.4, 0.5) is 0 Å². The highest BCUT2D eigenvalue weighted by molar-refractivity contribution is 5.94. The number of rotatable bonds is 5. The molecule has 1 unspecified atom stereocenters. The molecule has 35 heavy (non-hydrogen) atoms. The second kappa shape index (κ2) is 8.28. The molecule has 1 amide bonds. The molecule has 0 saturated heterocycles. The number of aromatic nitrogens is 5. The van der Waals surface area contributed by atoms with E-state index in [2.05, 4.69) is 9.97 Å². The monoisotopic (exact) mass is 466 g/mol. The van der Waals surface area contributed by atoms with Crippen LogP contribution < -0.4 is 16.0 Å². The number of imidazole rings is 1. The highest BCUT2D eigenvalue weighted by Crippen LogP contribution is 2.36. The van der Waals surface area contributed by atoms with Gasteiger partial charge in [-0.05, 0) is 42.7 Å². The number of nitrogens with two attached hydrogens (primary N) is 1. The third kappa shape index (κ3) is 3.48. The minimum Gasteiger partial charge on any atom is -0.436 e. The Hall–Kier alpha value is -4.66. The van der Waals surface area contributed by atoms with Gasteiger partial charge < -0.3 is 14.9 Å². The number of benzene rings is 2. The van der Waals surface area contributed by atoms with Crippen LogP contribution >= 0.6 is 0 Å². The Morgan fingerprint density at radius 3 is 2.49 bits per heavy atom. The Bertz CT molecular complexity index is 1600. The fourth-order valence-corrected chi connectivity index (χ4v) is 4.88. The van der Waals surface area contributed by atoms with Crippen molar-refractivity contribution in [2.24, 2.45) is 5.73 Å². The summed E-state index contributed by atoms with van der Waals surface area (Å²) in [5.74, 6) is 0.168. The van der Waals surface area contributed by atoms with E-state index in [4.69, 9.17) is 10.5 Å². The number of carbonyl (C=O) groups excluding carboxylic acids is 1. The molecule has 0 fully saturated rings. The van der Waals surface area contributed by atoms with Gasteiger partial charge in [0.15, 0.2) is 0 Å². The van der Waals surface area contributed by atoms with Crippen molar-refractivity contribution in [1.29, 1.82) is 0 Å². The normalized spacial score (nSPS) is 15.1. The zero-order valence-electron chi connectivity index (χ0n) is 18.7. The lowest BCUT2D eigenvalue weighted by molar-refractivity contribution is 0.0997. The van der Waals surface area contributed by atoms with E-state index in [1.54, 1.807) is 23.3 Å². The number of para-hydroxylation sites is 1. The third-order valence-electron chi connectivity index (χ3n) is 6.40. The fourth-order valence-electron chi connectivity index (χ4n) is 4.88.